The molecule has 0 saturated heterocycles. The second-order valence-electron chi connectivity index (χ2n) is 4.91. The summed E-state index contributed by atoms with van der Waals surface area (Å²) in [6.07, 6.45) is -0.0625. The lowest BCUT2D eigenvalue weighted by molar-refractivity contribution is -0.115. The van der Waals surface area contributed by atoms with Crippen LogP contribution in [-0.2, 0) is 25.0 Å². The van der Waals surface area contributed by atoms with Crippen molar-refractivity contribution in [1.29, 1.82) is 0 Å². The number of phenols is 1. The first-order chi connectivity index (χ1) is 11.4. The Labute approximate surface area is 147 Å². The third-order valence-electron chi connectivity index (χ3n) is 3.20. The molecule has 2 rings (SSSR count). The lowest BCUT2D eigenvalue weighted by Gasteiger charge is -2.13. The minimum Gasteiger partial charge on any atom is -0.507 e. The monoisotopic (exact) mass is 409 g/mol. The zero-order valence-corrected chi connectivity index (χ0v) is 14.7. The first kappa shape index (κ1) is 19.4. The topological polar surface area (TPSA) is 158 Å². The molecule has 0 spiro atoms. The zero-order chi connectivity index (χ0) is 19.0. The number of anilines is 1. The number of nitrogens with one attached hydrogen (secondary N) is 1. The summed E-state index contributed by atoms with van der Waals surface area (Å²) in [5.41, 5.74) is -0.0306. The summed E-state index contributed by atoms with van der Waals surface area (Å²) in [4.78, 5) is 10.2. The van der Waals surface area contributed by atoms with Crippen molar-refractivity contribution in [3.63, 3.8) is 0 Å². The van der Waals surface area contributed by atoms with Crippen molar-refractivity contribution in [2.75, 3.05) is 11.2 Å². The predicted octanol–water partition coefficient (Wildman–Crippen LogP) is 1.61. The van der Waals surface area contributed by atoms with Gasteiger partial charge in [0, 0.05) is 29.1 Å². The molecule has 0 aliphatic rings. The number of rotatable bonds is 5. The highest BCUT2D eigenvalue weighted by molar-refractivity contribution is 7.86. The smallest absolute Gasteiger partial charge is 0.295 e. The van der Waals surface area contributed by atoms with Crippen LogP contribution in [0.25, 0.3) is 10.8 Å². The second kappa shape index (κ2) is 6.77. The van der Waals surface area contributed by atoms with Gasteiger partial charge in [0.2, 0.25) is 5.91 Å². The molecule has 0 heterocycles. The standard InChI is InChI=1S/C13H12ClNO8S2/c14-4-3-12(17)15-9-1-2-11(25(21,22)23)8-5-7(24(18,19)20)6-10(16)13(8)9/h1-2,5-6,16H,3-4H2,(H,15,17)(H,18,19,20)(H,21,22,23). The van der Waals surface area contributed by atoms with Crippen LogP contribution in [0.15, 0.2) is 34.1 Å². The number of carbonyl (C=O) groups is 1. The highest BCUT2D eigenvalue weighted by Crippen LogP contribution is 2.38. The number of halogens is 1. The van der Waals surface area contributed by atoms with E-state index >= 15 is 0 Å². The molecular formula is C13H12ClNO8S2. The van der Waals surface area contributed by atoms with Crippen molar-refractivity contribution in [2.45, 2.75) is 16.2 Å². The van der Waals surface area contributed by atoms with Crippen molar-refractivity contribution in [1.82, 2.24) is 0 Å². The van der Waals surface area contributed by atoms with E-state index in [0.717, 1.165) is 18.2 Å². The van der Waals surface area contributed by atoms with Gasteiger partial charge in [-0.15, -0.1) is 11.6 Å². The van der Waals surface area contributed by atoms with Gasteiger partial charge in [-0.25, -0.2) is 0 Å². The first-order valence-corrected chi connectivity index (χ1v) is 9.97. The molecular weight excluding hydrogens is 398 g/mol. The number of hydrogen-bond donors (Lipinski definition) is 4. The largest absolute Gasteiger partial charge is 0.507 e. The van der Waals surface area contributed by atoms with Gasteiger partial charge in [0.15, 0.2) is 0 Å². The molecule has 2 aromatic rings. The van der Waals surface area contributed by atoms with Gasteiger partial charge >= 0.3 is 0 Å². The molecule has 136 valence electrons. The van der Waals surface area contributed by atoms with Crippen LogP contribution in [0.1, 0.15) is 6.42 Å². The van der Waals surface area contributed by atoms with Crippen LogP contribution in [0.3, 0.4) is 0 Å². The predicted molar refractivity (Wildman–Crippen MR) is 89.2 cm³/mol. The zero-order valence-electron chi connectivity index (χ0n) is 12.3. The van der Waals surface area contributed by atoms with E-state index in [1.807, 2.05) is 0 Å². The molecule has 25 heavy (non-hydrogen) atoms. The van der Waals surface area contributed by atoms with E-state index in [1.165, 1.54) is 0 Å². The molecule has 4 N–H and O–H groups in total. The molecule has 9 nitrogen and oxygen atoms in total. The lowest BCUT2D eigenvalue weighted by Crippen LogP contribution is -2.12. The molecule has 0 fully saturated rings. The van der Waals surface area contributed by atoms with Gasteiger partial charge in [-0.1, -0.05) is 0 Å². The average molecular weight is 410 g/mol. The molecule has 0 aromatic heterocycles. The van der Waals surface area contributed by atoms with E-state index in [9.17, 15) is 31.3 Å². The van der Waals surface area contributed by atoms with Gasteiger partial charge in [-0.2, -0.15) is 16.8 Å². The molecule has 0 radical (unpaired) electrons. The molecule has 0 aliphatic heterocycles. The van der Waals surface area contributed by atoms with E-state index in [-0.39, 0.29) is 23.4 Å². The van der Waals surface area contributed by atoms with Crippen molar-refractivity contribution < 1.29 is 35.8 Å². The maximum Gasteiger partial charge on any atom is 0.295 e. The van der Waals surface area contributed by atoms with Crippen molar-refractivity contribution in [3.05, 3.63) is 24.3 Å². The SMILES string of the molecule is O=C(CCCl)Nc1ccc(S(=O)(=O)O)c2cc(S(=O)(=O)O)cc(O)c12. The van der Waals surface area contributed by atoms with Gasteiger partial charge < -0.3 is 10.4 Å². The summed E-state index contributed by atoms with van der Waals surface area (Å²) in [6.45, 7) is 0. The molecule has 2 aromatic carbocycles. The Morgan fingerprint density at radius 1 is 1.08 bits per heavy atom. The van der Waals surface area contributed by atoms with E-state index in [2.05, 4.69) is 5.32 Å². The molecule has 12 heteroatoms. The Bertz CT molecular complexity index is 1060. The van der Waals surface area contributed by atoms with Gasteiger partial charge in [0.05, 0.1) is 10.6 Å². The maximum absolute atomic E-state index is 11.7. The minimum absolute atomic E-state index is 0.0196. The lowest BCUT2D eigenvalue weighted by atomic mass is 10.1. The molecule has 0 atom stereocenters. The van der Waals surface area contributed by atoms with Gasteiger partial charge in [0.25, 0.3) is 20.2 Å². The Kier molecular flexibility index (Phi) is 5.25. The number of fused-ring (bicyclic) bond motifs is 1. The number of hydrogen-bond acceptors (Lipinski definition) is 6. The Hall–Kier alpha value is -1.92. The van der Waals surface area contributed by atoms with Crippen molar-refractivity contribution in [2.24, 2.45) is 0 Å². The fourth-order valence-corrected chi connectivity index (χ4v) is 3.56. The van der Waals surface area contributed by atoms with Crippen molar-refractivity contribution in [3.8, 4) is 5.75 Å². The number of amides is 1. The fraction of sp³-hybridized carbons (Fsp3) is 0.154. The average Bonchev–Trinajstić information content (AvgIpc) is 2.44. The third kappa shape index (κ3) is 4.19. The number of aromatic hydroxyl groups is 1. The van der Waals surface area contributed by atoms with Crippen LogP contribution in [0.2, 0.25) is 0 Å². The fourth-order valence-electron chi connectivity index (χ4n) is 2.19. The first-order valence-electron chi connectivity index (χ1n) is 6.55. The highest BCUT2D eigenvalue weighted by atomic mass is 35.5. The molecule has 0 unspecified atom stereocenters. The van der Waals surface area contributed by atoms with E-state index in [4.69, 9.17) is 16.2 Å². The number of carbonyl (C=O) groups excluding carboxylic acids is 1. The maximum atomic E-state index is 11.7. The second-order valence-corrected chi connectivity index (χ2v) is 8.10. The summed E-state index contributed by atoms with van der Waals surface area (Å²) in [6, 6.07) is 3.47. The van der Waals surface area contributed by atoms with Gasteiger partial charge in [-0.3, -0.25) is 13.9 Å². The number of phenolic OH excluding ortho intramolecular Hbond substituents is 1. The Morgan fingerprint density at radius 3 is 2.24 bits per heavy atom. The van der Waals surface area contributed by atoms with Crippen LogP contribution in [0, 0.1) is 0 Å². The highest BCUT2D eigenvalue weighted by Gasteiger charge is 2.22. The van der Waals surface area contributed by atoms with Crippen LogP contribution in [0.5, 0.6) is 5.75 Å². The summed E-state index contributed by atoms with van der Waals surface area (Å²) >= 11 is 5.45. The summed E-state index contributed by atoms with van der Waals surface area (Å²) < 4.78 is 64.0. The van der Waals surface area contributed by atoms with Crippen LogP contribution in [-0.4, -0.2) is 42.8 Å². The van der Waals surface area contributed by atoms with E-state index in [0.29, 0.717) is 6.07 Å². The number of benzene rings is 2. The van der Waals surface area contributed by atoms with E-state index in [1.54, 1.807) is 0 Å². The van der Waals surface area contributed by atoms with E-state index < -0.39 is 47.1 Å². The van der Waals surface area contributed by atoms with Crippen LogP contribution >= 0.6 is 11.6 Å². The number of alkyl halides is 1. The molecule has 0 bridgehead atoms. The quantitative estimate of drug-likeness (QED) is 0.428. The van der Waals surface area contributed by atoms with Crippen molar-refractivity contribution >= 4 is 54.2 Å². The Balaban J connectivity index is 2.87. The Morgan fingerprint density at radius 2 is 1.72 bits per heavy atom. The summed E-state index contributed by atoms with van der Waals surface area (Å²) in [5.74, 6) is -1.24. The molecule has 1 amide bonds. The van der Waals surface area contributed by atoms with Crippen LogP contribution in [0.4, 0.5) is 5.69 Å². The normalized spacial score (nSPS) is 12.3. The van der Waals surface area contributed by atoms with Gasteiger partial charge in [0.1, 0.15) is 10.6 Å². The summed E-state index contributed by atoms with van der Waals surface area (Å²) in [7, 11) is -9.55. The minimum atomic E-state index is -4.79. The third-order valence-corrected chi connectivity index (χ3v) is 5.13. The van der Waals surface area contributed by atoms with Gasteiger partial charge in [-0.05, 0) is 18.2 Å². The molecule has 0 saturated carbocycles. The van der Waals surface area contributed by atoms with Crippen LogP contribution < -0.4 is 5.32 Å². The molecule has 0 aliphatic carbocycles. The summed E-state index contributed by atoms with van der Waals surface area (Å²) in [5, 5.41) is 11.9.